The number of benzene rings is 1. The van der Waals surface area contributed by atoms with E-state index in [1.165, 1.54) is 17.8 Å². The summed E-state index contributed by atoms with van der Waals surface area (Å²) in [5.74, 6) is -0.0464. The molecule has 0 fully saturated rings. The second-order valence-electron chi connectivity index (χ2n) is 5.51. The maximum atomic E-state index is 12.4. The van der Waals surface area contributed by atoms with Crippen LogP contribution in [0, 0.1) is 0 Å². The monoisotopic (exact) mass is 345 g/mol. The molecule has 5 nitrogen and oxygen atoms in total. The number of rotatable bonds is 8. The van der Waals surface area contributed by atoms with Crippen LogP contribution in [-0.2, 0) is 17.8 Å². The van der Waals surface area contributed by atoms with E-state index in [4.69, 9.17) is 0 Å². The molecule has 1 amide bonds. The Balaban J connectivity index is 2.00. The Morgan fingerprint density at radius 3 is 2.71 bits per heavy atom. The quantitative estimate of drug-likeness (QED) is 0.570. The predicted molar refractivity (Wildman–Crippen MR) is 97.1 cm³/mol. The van der Waals surface area contributed by atoms with Gasteiger partial charge in [0.1, 0.15) is 0 Å². The van der Waals surface area contributed by atoms with Crippen molar-refractivity contribution in [2.24, 2.45) is 0 Å². The van der Waals surface area contributed by atoms with Crippen LogP contribution in [-0.4, -0.2) is 21.1 Å². The topological polar surface area (TPSA) is 74.8 Å². The molecule has 24 heavy (non-hydrogen) atoms. The minimum Gasteiger partial charge on any atom is -0.351 e. The molecule has 0 spiro atoms. The second kappa shape index (κ2) is 9.27. The molecular formula is C18H23N3O2S. The van der Waals surface area contributed by atoms with Gasteiger partial charge in [-0.25, -0.2) is 4.98 Å². The van der Waals surface area contributed by atoms with E-state index >= 15 is 0 Å². The van der Waals surface area contributed by atoms with Crippen LogP contribution in [0.2, 0.25) is 0 Å². The van der Waals surface area contributed by atoms with Crippen LogP contribution >= 0.6 is 11.8 Å². The van der Waals surface area contributed by atoms with Gasteiger partial charge in [0, 0.05) is 18.3 Å². The summed E-state index contributed by atoms with van der Waals surface area (Å²) in [6.45, 7) is 4.49. The molecule has 0 aliphatic heterocycles. The molecular weight excluding hydrogens is 322 g/mol. The number of H-pyrrole nitrogens is 1. The van der Waals surface area contributed by atoms with Gasteiger partial charge < -0.3 is 10.3 Å². The highest BCUT2D eigenvalue weighted by atomic mass is 32.2. The van der Waals surface area contributed by atoms with Crippen LogP contribution in [0.15, 0.2) is 46.3 Å². The first kappa shape index (κ1) is 18.3. The van der Waals surface area contributed by atoms with Gasteiger partial charge in [0.2, 0.25) is 5.91 Å². The average molecular weight is 345 g/mol. The molecule has 2 N–H and O–H groups in total. The Labute approximate surface area is 146 Å². The van der Waals surface area contributed by atoms with Crippen LogP contribution in [0.25, 0.3) is 0 Å². The lowest BCUT2D eigenvalue weighted by Crippen LogP contribution is -2.32. The number of carbonyl (C=O) groups excluding carboxylic acids is 1. The Kier molecular flexibility index (Phi) is 7.06. The first-order chi connectivity index (χ1) is 11.6. The largest absolute Gasteiger partial charge is 0.351 e. The zero-order valence-electron chi connectivity index (χ0n) is 14.0. The first-order valence-corrected chi connectivity index (χ1v) is 9.08. The molecule has 1 unspecified atom stereocenters. The van der Waals surface area contributed by atoms with Gasteiger partial charge in [-0.1, -0.05) is 62.4 Å². The molecule has 0 aliphatic rings. The first-order valence-electron chi connectivity index (χ1n) is 8.21. The zero-order chi connectivity index (χ0) is 17.4. The van der Waals surface area contributed by atoms with E-state index in [0.717, 1.165) is 24.1 Å². The van der Waals surface area contributed by atoms with Crippen LogP contribution in [0.5, 0.6) is 0 Å². The minimum absolute atomic E-state index is 0.0464. The molecule has 1 atom stereocenters. The fourth-order valence-corrected chi connectivity index (χ4v) is 3.24. The highest BCUT2D eigenvalue weighted by molar-refractivity contribution is 8.00. The minimum atomic E-state index is -0.284. The van der Waals surface area contributed by atoms with Gasteiger partial charge in [-0.05, 0) is 18.4 Å². The zero-order valence-corrected chi connectivity index (χ0v) is 14.9. The number of aromatic amines is 1. The van der Waals surface area contributed by atoms with Crippen molar-refractivity contribution in [2.75, 3.05) is 0 Å². The number of hydrogen-bond acceptors (Lipinski definition) is 4. The van der Waals surface area contributed by atoms with Gasteiger partial charge in [-0.2, -0.15) is 0 Å². The molecule has 0 saturated heterocycles. The molecule has 0 radical (unpaired) electrons. The smallest absolute Gasteiger partial charge is 0.251 e. The standard InChI is InChI=1S/C18H23N3O2S/c1-3-8-14-11-16(22)21-18(20-14)24-15(4-2)17(23)19-12-13-9-6-5-7-10-13/h5-7,9-11,15H,3-4,8,12H2,1-2H3,(H,19,23)(H,20,21,22). The lowest BCUT2D eigenvalue weighted by Gasteiger charge is -2.14. The van der Waals surface area contributed by atoms with Gasteiger partial charge in [0.05, 0.1) is 5.25 Å². The molecule has 6 heteroatoms. The normalized spacial score (nSPS) is 11.9. The Bertz CT molecular complexity index is 716. The van der Waals surface area contributed by atoms with Gasteiger partial charge in [0.25, 0.3) is 5.56 Å². The van der Waals surface area contributed by atoms with Crippen molar-refractivity contribution in [3.05, 3.63) is 58.0 Å². The van der Waals surface area contributed by atoms with Gasteiger partial charge in [0.15, 0.2) is 5.16 Å². The number of aryl methyl sites for hydroxylation is 1. The molecule has 1 aromatic carbocycles. The molecule has 0 bridgehead atoms. The van der Waals surface area contributed by atoms with E-state index in [-0.39, 0.29) is 16.7 Å². The van der Waals surface area contributed by atoms with Crippen LogP contribution in [0.4, 0.5) is 0 Å². The Morgan fingerprint density at radius 2 is 2.04 bits per heavy atom. The fourth-order valence-electron chi connectivity index (χ4n) is 2.28. The second-order valence-corrected chi connectivity index (χ2v) is 6.70. The third-order valence-electron chi connectivity index (χ3n) is 3.51. The molecule has 0 saturated carbocycles. The van der Waals surface area contributed by atoms with E-state index in [2.05, 4.69) is 15.3 Å². The lowest BCUT2D eigenvalue weighted by molar-refractivity contribution is -0.120. The van der Waals surface area contributed by atoms with Crippen molar-refractivity contribution in [3.8, 4) is 0 Å². The number of thioether (sulfide) groups is 1. The number of carbonyl (C=O) groups is 1. The van der Waals surface area contributed by atoms with Crippen molar-refractivity contribution < 1.29 is 4.79 Å². The van der Waals surface area contributed by atoms with Crippen molar-refractivity contribution >= 4 is 17.7 Å². The van der Waals surface area contributed by atoms with E-state index in [9.17, 15) is 9.59 Å². The summed E-state index contributed by atoms with van der Waals surface area (Å²) in [6.07, 6.45) is 2.34. The van der Waals surface area contributed by atoms with Crippen molar-refractivity contribution in [1.82, 2.24) is 15.3 Å². The van der Waals surface area contributed by atoms with E-state index in [1.54, 1.807) is 0 Å². The molecule has 1 aromatic heterocycles. The highest BCUT2D eigenvalue weighted by Crippen LogP contribution is 2.21. The number of hydrogen-bond donors (Lipinski definition) is 2. The van der Waals surface area contributed by atoms with Crippen LogP contribution in [0.3, 0.4) is 0 Å². The SMILES string of the molecule is CCCc1cc(=O)[nH]c(SC(CC)C(=O)NCc2ccccc2)n1. The molecule has 128 valence electrons. The molecule has 1 heterocycles. The highest BCUT2D eigenvalue weighted by Gasteiger charge is 2.19. The fraction of sp³-hybridized carbons (Fsp3) is 0.389. The maximum absolute atomic E-state index is 12.4. The number of amides is 1. The molecule has 0 aliphatic carbocycles. The third kappa shape index (κ3) is 5.53. The van der Waals surface area contributed by atoms with Crippen LogP contribution < -0.4 is 10.9 Å². The summed E-state index contributed by atoms with van der Waals surface area (Å²) >= 11 is 1.31. The molecule has 2 aromatic rings. The average Bonchev–Trinajstić information content (AvgIpc) is 2.58. The maximum Gasteiger partial charge on any atom is 0.251 e. The number of nitrogens with one attached hydrogen (secondary N) is 2. The van der Waals surface area contributed by atoms with Gasteiger partial charge >= 0.3 is 0 Å². The summed E-state index contributed by atoms with van der Waals surface area (Å²) in [4.78, 5) is 31.3. The van der Waals surface area contributed by atoms with E-state index in [1.807, 2.05) is 44.2 Å². The van der Waals surface area contributed by atoms with Gasteiger partial charge in [-0.3, -0.25) is 9.59 Å². The number of nitrogens with zero attached hydrogens (tertiary/aromatic N) is 1. The summed E-state index contributed by atoms with van der Waals surface area (Å²) in [5, 5.41) is 3.17. The van der Waals surface area contributed by atoms with Crippen LogP contribution in [0.1, 0.15) is 37.9 Å². The predicted octanol–water partition coefficient (Wildman–Crippen LogP) is 2.91. The van der Waals surface area contributed by atoms with E-state index < -0.39 is 0 Å². The van der Waals surface area contributed by atoms with Crippen molar-refractivity contribution in [1.29, 1.82) is 0 Å². The van der Waals surface area contributed by atoms with Gasteiger partial charge in [-0.15, -0.1) is 0 Å². The summed E-state index contributed by atoms with van der Waals surface area (Å²) in [7, 11) is 0. The Morgan fingerprint density at radius 1 is 1.29 bits per heavy atom. The van der Waals surface area contributed by atoms with E-state index in [0.29, 0.717) is 18.1 Å². The Hall–Kier alpha value is -2.08. The summed E-state index contributed by atoms with van der Waals surface area (Å²) < 4.78 is 0. The lowest BCUT2D eigenvalue weighted by atomic mass is 10.2. The third-order valence-corrected chi connectivity index (χ3v) is 4.75. The summed E-state index contributed by atoms with van der Waals surface area (Å²) in [5.41, 5.74) is 1.65. The van der Waals surface area contributed by atoms with Crippen molar-refractivity contribution in [3.63, 3.8) is 0 Å². The molecule has 2 rings (SSSR count). The summed E-state index contributed by atoms with van der Waals surface area (Å²) in [6, 6.07) is 11.3. The van der Waals surface area contributed by atoms with Crippen molar-refractivity contribution in [2.45, 2.75) is 50.1 Å². The number of aromatic nitrogens is 2.